The molecule has 1 atom stereocenters. The van der Waals surface area contributed by atoms with Crippen LogP contribution in [0.25, 0.3) is 55.0 Å². The molecule has 0 N–H and O–H groups in total. The summed E-state index contributed by atoms with van der Waals surface area (Å²) in [6.07, 6.45) is 0.707. The summed E-state index contributed by atoms with van der Waals surface area (Å²) >= 11 is 0. The molecule has 0 fully saturated rings. The van der Waals surface area contributed by atoms with Gasteiger partial charge in [-0.25, -0.2) is 9.57 Å². The van der Waals surface area contributed by atoms with E-state index >= 15 is 0 Å². The normalized spacial score (nSPS) is 14.9. The Hall–Kier alpha value is -6.52. The maximum atomic E-state index is 5.45. The summed E-state index contributed by atoms with van der Waals surface area (Å²) in [5.74, 6) is 0. The number of hydrogen-bond donors (Lipinski definition) is 0. The Balaban J connectivity index is 1.14. The maximum absolute atomic E-state index is 5.45. The van der Waals surface area contributed by atoms with Gasteiger partial charge in [0.15, 0.2) is 12.3 Å². The van der Waals surface area contributed by atoms with Crippen LogP contribution in [0.5, 0.6) is 0 Å². The van der Waals surface area contributed by atoms with E-state index in [9.17, 15) is 0 Å². The number of benzene rings is 7. The predicted molar refractivity (Wildman–Crippen MR) is 217 cm³/mol. The zero-order valence-electron chi connectivity index (χ0n) is 29.0. The predicted octanol–water partition coefficient (Wildman–Crippen LogP) is 11.4. The van der Waals surface area contributed by atoms with E-state index in [1.807, 2.05) is 0 Å². The topological polar surface area (TPSA) is 25.2 Å². The van der Waals surface area contributed by atoms with Crippen LogP contribution < -0.4 is 0 Å². The van der Waals surface area contributed by atoms with Gasteiger partial charge in [0.2, 0.25) is 0 Å². The molecule has 1 aliphatic rings. The molecule has 0 saturated carbocycles. The molecule has 0 spiro atoms. The molecule has 1 unspecified atom stereocenters. The van der Waals surface area contributed by atoms with Crippen molar-refractivity contribution in [3.05, 3.63) is 193 Å². The number of aromatic nitrogens is 2. The lowest BCUT2D eigenvalue weighted by Gasteiger charge is -2.22. The quantitative estimate of drug-likeness (QED) is 0.158. The second kappa shape index (κ2) is 12.4. The van der Waals surface area contributed by atoms with Crippen molar-refractivity contribution in [3.8, 4) is 11.4 Å². The summed E-state index contributed by atoms with van der Waals surface area (Å²) in [7, 11) is 0. The zero-order chi connectivity index (χ0) is 34.6. The standard InChI is InChI=1S/C48H37N4/c1-33-29-43(35-17-7-3-8-18-35)49-48(50(33)32-34-15-5-2-6-16-34)36-25-27-38(28-26-36)52-45-24-14-12-22-40(45)42-30-41-39-21-11-13-23-44(39)51(46(41)31-47(42)52)37-19-9-4-10-20-37/h2-28,30-31,48H,29,32H2,1H3/q+1. The van der Waals surface area contributed by atoms with Gasteiger partial charge in [-0.15, -0.1) is 0 Å². The molecule has 0 bridgehead atoms. The first-order valence-electron chi connectivity index (χ1n) is 18.1. The third kappa shape index (κ3) is 4.98. The van der Waals surface area contributed by atoms with Gasteiger partial charge in [0.05, 0.1) is 34.2 Å². The molecule has 3 heterocycles. The summed E-state index contributed by atoms with van der Waals surface area (Å²) < 4.78 is 7.30. The molecule has 0 saturated heterocycles. The van der Waals surface area contributed by atoms with Gasteiger partial charge >= 0.3 is 0 Å². The molecule has 52 heavy (non-hydrogen) atoms. The van der Waals surface area contributed by atoms with Crippen molar-refractivity contribution >= 4 is 55.0 Å². The van der Waals surface area contributed by atoms with Crippen molar-refractivity contribution in [1.82, 2.24) is 9.13 Å². The second-order valence-corrected chi connectivity index (χ2v) is 13.9. The average Bonchev–Trinajstić information content (AvgIpc) is 3.71. The van der Waals surface area contributed by atoms with Crippen LogP contribution in [-0.2, 0) is 6.54 Å². The molecule has 10 rings (SSSR count). The first-order valence-corrected chi connectivity index (χ1v) is 18.1. The summed E-state index contributed by atoms with van der Waals surface area (Å²) in [4.78, 5) is 5.45. The van der Waals surface area contributed by atoms with Crippen LogP contribution in [0, 0.1) is 0 Å². The number of hydrogen-bond acceptors (Lipinski definition) is 1. The van der Waals surface area contributed by atoms with Crippen LogP contribution in [0.1, 0.15) is 36.2 Å². The Morgan fingerprint density at radius 1 is 0.519 bits per heavy atom. The average molecular weight is 670 g/mol. The van der Waals surface area contributed by atoms with Gasteiger partial charge in [0.25, 0.3) is 6.17 Å². The lowest BCUT2D eigenvalue weighted by molar-refractivity contribution is -0.588. The monoisotopic (exact) mass is 669 g/mol. The van der Waals surface area contributed by atoms with Gasteiger partial charge in [-0.1, -0.05) is 115 Å². The highest BCUT2D eigenvalue weighted by molar-refractivity contribution is 6.19. The molecule has 4 nitrogen and oxygen atoms in total. The molecule has 1 aliphatic heterocycles. The largest absolute Gasteiger partial charge is 0.309 e. The number of nitrogens with zero attached hydrogens (tertiary/aromatic N) is 4. The molecule has 0 amide bonds. The third-order valence-electron chi connectivity index (χ3n) is 10.7. The van der Waals surface area contributed by atoms with Gasteiger partial charge < -0.3 is 9.13 Å². The summed E-state index contributed by atoms with van der Waals surface area (Å²) in [5.41, 5.74) is 13.2. The van der Waals surface area contributed by atoms with Crippen LogP contribution in [0.2, 0.25) is 0 Å². The minimum Gasteiger partial charge on any atom is -0.309 e. The number of para-hydroxylation sites is 3. The lowest BCUT2D eigenvalue weighted by Crippen LogP contribution is -2.30. The van der Waals surface area contributed by atoms with Gasteiger partial charge in [0.1, 0.15) is 0 Å². The molecule has 7 aromatic carbocycles. The summed E-state index contributed by atoms with van der Waals surface area (Å²) in [6.45, 7) is 3.07. The lowest BCUT2D eigenvalue weighted by atomic mass is 10.0. The van der Waals surface area contributed by atoms with Crippen molar-refractivity contribution in [2.45, 2.75) is 26.1 Å². The van der Waals surface area contributed by atoms with Crippen molar-refractivity contribution in [2.24, 2.45) is 4.99 Å². The van der Waals surface area contributed by atoms with E-state index in [-0.39, 0.29) is 6.17 Å². The Morgan fingerprint density at radius 2 is 1.04 bits per heavy atom. The minimum absolute atomic E-state index is 0.127. The second-order valence-electron chi connectivity index (χ2n) is 13.9. The first-order chi connectivity index (χ1) is 25.7. The molecule has 4 heteroatoms. The Labute approximate surface area is 302 Å². The Morgan fingerprint density at radius 3 is 1.65 bits per heavy atom. The Bertz CT molecular complexity index is 2820. The maximum Gasteiger partial charge on any atom is 0.272 e. The van der Waals surface area contributed by atoms with Crippen molar-refractivity contribution in [3.63, 3.8) is 0 Å². The van der Waals surface area contributed by atoms with Crippen molar-refractivity contribution in [1.29, 1.82) is 0 Å². The van der Waals surface area contributed by atoms with Crippen LogP contribution in [0.3, 0.4) is 0 Å². The van der Waals surface area contributed by atoms with Gasteiger partial charge in [0, 0.05) is 51.0 Å². The van der Waals surface area contributed by atoms with Gasteiger partial charge in [-0.2, -0.15) is 0 Å². The van der Waals surface area contributed by atoms with E-state index in [0.29, 0.717) is 0 Å². The van der Waals surface area contributed by atoms with E-state index in [2.05, 4.69) is 197 Å². The first kappa shape index (κ1) is 30.3. The van der Waals surface area contributed by atoms with E-state index in [4.69, 9.17) is 4.99 Å². The molecule has 2 aromatic heterocycles. The van der Waals surface area contributed by atoms with E-state index in [1.54, 1.807) is 0 Å². The molecule has 0 aliphatic carbocycles. The van der Waals surface area contributed by atoms with E-state index in [0.717, 1.165) is 30.1 Å². The highest BCUT2D eigenvalue weighted by Gasteiger charge is 2.31. The zero-order valence-corrected chi connectivity index (χ0v) is 29.0. The third-order valence-corrected chi connectivity index (χ3v) is 10.7. The van der Waals surface area contributed by atoms with Crippen LogP contribution in [0.4, 0.5) is 0 Å². The number of fused-ring (bicyclic) bond motifs is 6. The van der Waals surface area contributed by atoms with E-state index in [1.165, 1.54) is 66.0 Å². The Kier molecular flexibility index (Phi) is 7.21. The van der Waals surface area contributed by atoms with Crippen LogP contribution >= 0.6 is 0 Å². The molecular formula is C48H37N4+. The van der Waals surface area contributed by atoms with Crippen LogP contribution in [0.15, 0.2) is 181 Å². The molecule has 248 valence electrons. The summed E-state index contributed by atoms with van der Waals surface area (Å²) in [6, 6.07) is 63.6. The fourth-order valence-electron chi connectivity index (χ4n) is 8.24. The highest BCUT2D eigenvalue weighted by Crippen LogP contribution is 2.40. The van der Waals surface area contributed by atoms with Crippen LogP contribution in [-0.4, -0.2) is 25.1 Å². The highest BCUT2D eigenvalue weighted by atomic mass is 15.2. The fraction of sp³-hybridized carbons (Fsp3) is 0.0833. The van der Waals surface area contributed by atoms with Crippen molar-refractivity contribution in [2.75, 3.05) is 0 Å². The SMILES string of the molecule is CC1=[N+](Cc2ccccc2)C(c2ccc(-n3c4ccccc4c4cc5c6ccccc6n(-c6ccccc6)c5cc43)cc2)N=C(c2ccccc2)C1. The smallest absolute Gasteiger partial charge is 0.272 e. The molecular weight excluding hydrogens is 633 g/mol. The fourth-order valence-corrected chi connectivity index (χ4v) is 8.24. The van der Waals surface area contributed by atoms with Gasteiger partial charge in [-0.3, -0.25) is 0 Å². The van der Waals surface area contributed by atoms with Gasteiger partial charge in [-0.05, 0) is 66.2 Å². The van der Waals surface area contributed by atoms with Crippen molar-refractivity contribution < 1.29 is 4.58 Å². The minimum atomic E-state index is -0.127. The molecule has 0 radical (unpaired) electrons. The van der Waals surface area contributed by atoms with E-state index < -0.39 is 0 Å². The molecule has 9 aromatic rings. The summed E-state index contributed by atoms with van der Waals surface area (Å²) in [5, 5.41) is 5.04. The number of aliphatic imine (C=N–C) groups is 1. The number of rotatable bonds is 6.